The van der Waals surface area contributed by atoms with E-state index in [2.05, 4.69) is 5.32 Å². The smallest absolute Gasteiger partial charge is 0.321 e. The van der Waals surface area contributed by atoms with Crippen LogP contribution in [-0.4, -0.2) is 25.7 Å². The van der Waals surface area contributed by atoms with Crippen LogP contribution in [0.1, 0.15) is 19.8 Å². The predicted octanol–water partition coefficient (Wildman–Crippen LogP) is 2.40. The molecule has 0 fully saturated rings. The molecule has 17 heavy (non-hydrogen) atoms. The zero-order valence-corrected chi connectivity index (χ0v) is 10.1. The summed E-state index contributed by atoms with van der Waals surface area (Å²) in [5, 5.41) is 2.90. The van der Waals surface area contributed by atoms with Crippen LogP contribution >= 0.6 is 0 Å². The third-order valence-electron chi connectivity index (χ3n) is 2.71. The van der Waals surface area contributed by atoms with Crippen LogP contribution in [0.25, 0.3) is 0 Å². The van der Waals surface area contributed by atoms with Crippen LogP contribution in [-0.2, 0) is 0 Å². The summed E-state index contributed by atoms with van der Waals surface area (Å²) in [4.78, 5) is 13.8. The highest BCUT2D eigenvalue weighted by molar-refractivity contribution is 5.93. The van der Waals surface area contributed by atoms with Crippen LogP contribution in [0.2, 0.25) is 0 Å². The van der Waals surface area contributed by atoms with Gasteiger partial charge in [-0.15, -0.1) is 0 Å². The van der Waals surface area contributed by atoms with Gasteiger partial charge in [0.15, 0.2) is 0 Å². The van der Waals surface area contributed by atoms with Crippen molar-refractivity contribution in [2.75, 3.05) is 24.6 Å². The Morgan fingerprint density at radius 1 is 1.47 bits per heavy atom. The Morgan fingerprint density at radius 3 is 3.12 bits per heavy atom. The molecule has 1 aliphatic heterocycles. The molecule has 0 aromatic heterocycles. The minimum Gasteiger partial charge on any atom is -0.491 e. The highest BCUT2D eigenvalue weighted by Crippen LogP contribution is 2.30. The molecule has 4 heteroatoms. The van der Waals surface area contributed by atoms with Crippen molar-refractivity contribution < 1.29 is 9.53 Å². The SMILES string of the molecule is CCCNC(=O)N1CCCOc2ccccc21. The standard InChI is InChI=1S/C13H18N2O2/c1-2-8-14-13(16)15-9-5-10-17-12-7-4-3-6-11(12)15/h3-4,6-7H,2,5,8-10H2,1H3,(H,14,16). The van der Waals surface area contributed by atoms with E-state index < -0.39 is 0 Å². The van der Waals surface area contributed by atoms with Crippen LogP contribution in [0.4, 0.5) is 10.5 Å². The molecule has 4 nitrogen and oxygen atoms in total. The lowest BCUT2D eigenvalue weighted by Crippen LogP contribution is -2.40. The molecule has 0 aliphatic carbocycles. The molecule has 0 spiro atoms. The number of carbonyl (C=O) groups is 1. The number of hydrogen-bond donors (Lipinski definition) is 1. The van der Waals surface area contributed by atoms with Gasteiger partial charge in [0, 0.05) is 13.1 Å². The Kier molecular flexibility index (Phi) is 3.85. The molecule has 92 valence electrons. The van der Waals surface area contributed by atoms with E-state index in [4.69, 9.17) is 4.74 Å². The second-order valence-electron chi connectivity index (χ2n) is 4.05. The van der Waals surface area contributed by atoms with Crippen molar-refractivity contribution in [3.8, 4) is 5.75 Å². The van der Waals surface area contributed by atoms with Crippen molar-refractivity contribution in [1.82, 2.24) is 5.32 Å². The Balaban J connectivity index is 2.19. The lowest BCUT2D eigenvalue weighted by atomic mass is 10.2. The Hall–Kier alpha value is -1.71. The van der Waals surface area contributed by atoms with Gasteiger partial charge in [0.1, 0.15) is 5.75 Å². The summed E-state index contributed by atoms with van der Waals surface area (Å²) in [6.07, 6.45) is 1.80. The van der Waals surface area contributed by atoms with E-state index in [1.807, 2.05) is 31.2 Å². The van der Waals surface area contributed by atoms with Gasteiger partial charge >= 0.3 is 6.03 Å². The summed E-state index contributed by atoms with van der Waals surface area (Å²) in [6, 6.07) is 7.64. The molecular weight excluding hydrogens is 216 g/mol. The van der Waals surface area contributed by atoms with Gasteiger partial charge in [-0.25, -0.2) is 4.79 Å². The fraction of sp³-hybridized carbons (Fsp3) is 0.462. The quantitative estimate of drug-likeness (QED) is 0.853. The Labute approximate surface area is 102 Å². The van der Waals surface area contributed by atoms with Gasteiger partial charge in [-0.1, -0.05) is 19.1 Å². The minimum absolute atomic E-state index is 0.0372. The lowest BCUT2D eigenvalue weighted by Gasteiger charge is -2.21. The molecule has 2 rings (SSSR count). The average molecular weight is 234 g/mol. The first-order valence-corrected chi connectivity index (χ1v) is 6.10. The number of para-hydroxylation sites is 2. The van der Waals surface area contributed by atoms with E-state index in [1.165, 1.54) is 0 Å². The van der Waals surface area contributed by atoms with Crippen LogP contribution in [0.3, 0.4) is 0 Å². The molecular formula is C13H18N2O2. The van der Waals surface area contributed by atoms with E-state index in [1.54, 1.807) is 4.90 Å². The van der Waals surface area contributed by atoms with E-state index in [0.29, 0.717) is 19.7 Å². The molecule has 0 saturated carbocycles. The molecule has 1 N–H and O–H groups in total. The fourth-order valence-electron chi connectivity index (χ4n) is 1.87. The van der Waals surface area contributed by atoms with Crippen molar-refractivity contribution in [2.24, 2.45) is 0 Å². The Bertz CT molecular complexity index is 393. The van der Waals surface area contributed by atoms with Gasteiger partial charge < -0.3 is 10.1 Å². The van der Waals surface area contributed by atoms with Crippen molar-refractivity contribution in [3.05, 3.63) is 24.3 Å². The third-order valence-corrected chi connectivity index (χ3v) is 2.71. The normalized spacial score (nSPS) is 14.5. The summed E-state index contributed by atoms with van der Waals surface area (Å²) in [6.45, 7) is 4.11. The molecule has 1 aromatic carbocycles. The summed E-state index contributed by atoms with van der Waals surface area (Å²) in [5.74, 6) is 0.789. The van der Waals surface area contributed by atoms with Crippen LogP contribution < -0.4 is 15.0 Å². The van der Waals surface area contributed by atoms with Crippen molar-refractivity contribution in [2.45, 2.75) is 19.8 Å². The third kappa shape index (κ3) is 2.70. The maximum Gasteiger partial charge on any atom is 0.321 e. The summed E-state index contributed by atoms with van der Waals surface area (Å²) in [5.41, 5.74) is 0.860. The average Bonchev–Trinajstić information content (AvgIpc) is 2.58. The molecule has 2 amide bonds. The van der Waals surface area contributed by atoms with Gasteiger partial charge in [-0.05, 0) is 25.0 Å². The highest BCUT2D eigenvalue weighted by Gasteiger charge is 2.20. The first kappa shape index (κ1) is 11.8. The number of anilines is 1. The molecule has 0 unspecified atom stereocenters. The fourth-order valence-corrected chi connectivity index (χ4v) is 1.87. The molecule has 1 aliphatic rings. The van der Waals surface area contributed by atoms with E-state index >= 15 is 0 Å². The zero-order chi connectivity index (χ0) is 12.1. The van der Waals surface area contributed by atoms with Crippen molar-refractivity contribution in [3.63, 3.8) is 0 Å². The van der Waals surface area contributed by atoms with E-state index in [-0.39, 0.29) is 6.03 Å². The number of nitrogens with zero attached hydrogens (tertiary/aromatic N) is 1. The number of urea groups is 1. The summed E-state index contributed by atoms with van der Waals surface area (Å²) in [7, 11) is 0. The summed E-state index contributed by atoms with van der Waals surface area (Å²) >= 11 is 0. The molecule has 0 atom stereocenters. The number of carbonyl (C=O) groups excluding carboxylic acids is 1. The number of ether oxygens (including phenoxy) is 1. The number of fused-ring (bicyclic) bond motifs is 1. The second-order valence-corrected chi connectivity index (χ2v) is 4.05. The maximum absolute atomic E-state index is 12.0. The van der Waals surface area contributed by atoms with Crippen molar-refractivity contribution in [1.29, 1.82) is 0 Å². The maximum atomic E-state index is 12.0. The highest BCUT2D eigenvalue weighted by atomic mass is 16.5. The number of nitrogens with one attached hydrogen (secondary N) is 1. The number of benzene rings is 1. The van der Waals surface area contributed by atoms with Gasteiger partial charge in [-0.3, -0.25) is 4.90 Å². The van der Waals surface area contributed by atoms with Crippen molar-refractivity contribution >= 4 is 11.7 Å². The molecule has 1 heterocycles. The number of hydrogen-bond acceptors (Lipinski definition) is 2. The topological polar surface area (TPSA) is 41.6 Å². The van der Waals surface area contributed by atoms with Crippen LogP contribution in [0.5, 0.6) is 5.75 Å². The lowest BCUT2D eigenvalue weighted by molar-refractivity contribution is 0.246. The predicted molar refractivity (Wildman–Crippen MR) is 67.6 cm³/mol. The molecule has 0 bridgehead atoms. The number of amides is 2. The zero-order valence-electron chi connectivity index (χ0n) is 10.1. The van der Waals surface area contributed by atoms with Crippen LogP contribution in [0, 0.1) is 0 Å². The first-order chi connectivity index (χ1) is 8.33. The van der Waals surface area contributed by atoms with Gasteiger partial charge in [-0.2, -0.15) is 0 Å². The summed E-state index contributed by atoms with van der Waals surface area (Å²) < 4.78 is 5.61. The first-order valence-electron chi connectivity index (χ1n) is 6.10. The van der Waals surface area contributed by atoms with Crippen LogP contribution in [0.15, 0.2) is 24.3 Å². The van der Waals surface area contributed by atoms with Gasteiger partial charge in [0.2, 0.25) is 0 Å². The monoisotopic (exact) mass is 234 g/mol. The second kappa shape index (κ2) is 5.57. The van der Waals surface area contributed by atoms with E-state index in [9.17, 15) is 4.79 Å². The largest absolute Gasteiger partial charge is 0.491 e. The Morgan fingerprint density at radius 2 is 2.29 bits per heavy atom. The van der Waals surface area contributed by atoms with E-state index in [0.717, 1.165) is 24.3 Å². The minimum atomic E-state index is -0.0372. The molecule has 0 saturated heterocycles. The molecule has 0 radical (unpaired) electrons. The van der Waals surface area contributed by atoms with Gasteiger partial charge in [0.05, 0.1) is 12.3 Å². The number of rotatable bonds is 2. The molecule has 1 aromatic rings. The van der Waals surface area contributed by atoms with Gasteiger partial charge in [0.25, 0.3) is 0 Å².